The van der Waals surface area contributed by atoms with Crippen molar-refractivity contribution in [1.82, 2.24) is 10.2 Å². The van der Waals surface area contributed by atoms with E-state index in [9.17, 15) is 0 Å². The molecule has 0 radical (unpaired) electrons. The molecule has 0 bridgehead atoms. The quantitative estimate of drug-likeness (QED) is 0.606. The number of thioether (sulfide) groups is 1. The van der Waals surface area contributed by atoms with Crippen LogP contribution in [0.2, 0.25) is 0 Å². The monoisotopic (exact) mass is 349 g/mol. The molecule has 1 heterocycles. The first-order valence-corrected chi connectivity index (χ1v) is 9.01. The molecular formula is C20H19N3OS. The highest BCUT2D eigenvalue weighted by atomic mass is 32.2. The van der Waals surface area contributed by atoms with Crippen molar-refractivity contribution in [2.45, 2.75) is 37.2 Å². The number of benzene rings is 2. The van der Waals surface area contributed by atoms with Gasteiger partial charge in [0, 0.05) is 11.3 Å². The Labute approximate surface area is 151 Å². The summed E-state index contributed by atoms with van der Waals surface area (Å²) in [6.07, 6.45) is 0. The normalized spacial score (nSPS) is 11.3. The van der Waals surface area contributed by atoms with Gasteiger partial charge in [-0.05, 0) is 34.7 Å². The molecule has 0 atom stereocenters. The van der Waals surface area contributed by atoms with Crippen LogP contribution < -0.4 is 0 Å². The third kappa shape index (κ3) is 4.09. The molecule has 3 aromatic rings. The van der Waals surface area contributed by atoms with Gasteiger partial charge in [0.1, 0.15) is 0 Å². The molecule has 0 N–H and O–H groups in total. The highest BCUT2D eigenvalue weighted by molar-refractivity contribution is 7.98. The predicted octanol–water partition coefficient (Wildman–Crippen LogP) is 5.20. The lowest BCUT2D eigenvalue weighted by Gasteiger charge is -2.18. The molecule has 2 aromatic carbocycles. The second-order valence-corrected chi connectivity index (χ2v) is 7.68. The van der Waals surface area contributed by atoms with Gasteiger partial charge in [-0.25, -0.2) is 0 Å². The highest BCUT2D eigenvalue weighted by Crippen LogP contribution is 2.28. The Balaban J connectivity index is 1.71. The predicted molar refractivity (Wildman–Crippen MR) is 99.2 cm³/mol. The summed E-state index contributed by atoms with van der Waals surface area (Å²) < 4.78 is 5.75. The molecular weight excluding hydrogens is 330 g/mol. The van der Waals surface area contributed by atoms with Crippen LogP contribution in [0.1, 0.15) is 37.5 Å². The zero-order chi connectivity index (χ0) is 17.9. The van der Waals surface area contributed by atoms with Crippen molar-refractivity contribution in [3.63, 3.8) is 0 Å². The zero-order valence-corrected chi connectivity index (χ0v) is 15.3. The molecule has 0 unspecified atom stereocenters. The van der Waals surface area contributed by atoms with Crippen LogP contribution in [0.4, 0.5) is 0 Å². The summed E-state index contributed by atoms with van der Waals surface area (Å²) in [5.41, 5.74) is 3.92. The average Bonchev–Trinajstić information content (AvgIpc) is 3.08. The summed E-state index contributed by atoms with van der Waals surface area (Å²) in [6, 6.07) is 17.9. The van der Waals surface area contributed by atoms with Crippen LogP contribution >= 0.6 is 11.8 Å². The number of aromatic nitrogens is 2. The maximum absolute atomic E-state index is 9.14. The molecule has 25 heavy (non-hydrogen) atoms. The van der Waals surface area contributed by atoms with Gasteiger partial charge < -0.3 is 4.42 Å². The Morgan fingerprint density at radius 2 is 1.76 bits per heavy atom. The number of nitriles is 1. The zero-order valence-electron chi connectivity index (χ0n) is 14.5. The molecule has 0 aliphatic rings. The first-order valence-electron chi connectivity index (χ1n) is 8.02. The molecule has 5 heteroatoms. The summed E-state index contributed by atoms with van der Waals surface area (Å²) in [5, 5.41) is 17.9. The molecule has 0 amide bonds. The van der Waals surface area contributed by atoms with E-state index in [1.54, 1.807) is 0 Å². The van der Waals surface area contributed by atoms with Crippen molar-refractivity contribution < 1.29 is 4.42 Å². The molecule has 4 nitrogen and oxygen atoms in total. The molecule has 0 fully saturated rings. The summed E-state index contributed by atoms with van der Waals surface area (Å²) >= 11 is 1.43. The molecule has 3 rings (SSSR count). The molecule has 126 valence electrons. The van der Waals surface area contributed by atoms with Crippen molar-refractivity contribution in [3.05, 3.63) is 65.2 Å². The third-order valence-electron chi connectivity index (χ3n) is 3.89. The van der Waals surface area contributed by atoms with Gasteiger partial charge >= 0.3 is 0 Å². The lowest BCUT2D eigenvalue weighted by Crippen LogP contribution is -2.10. The smallest absolute Gasteiger partial charge is 0.277 e. The molecule has 0 spiro atoms. The van der Waals surface area contributed by atoms with Crippen LogP contribution in [-0.4, -0.2) is 10.2 Å². The number of hydrogen-bond acceptors (Lipinski definition) is 5. The van der Waals surface area contributed by atoms with Crippen LogP contribution in [-0.2, 0) is 11.2 Å². The molecule has 0 aliphatic carbocycles. The summed E-state index contributed by atoms with van der Waals surface area (Å²) in [4.78, 5) is 0. The maximum atomic E-state index is 9.14. The third-order valence-corrected chi connectivity index (χ3v) is 4.76. The van der Waals surface area contributed by atoms with E-state index in [-0.39, 0.29) is 5.41 Å². The highest BCUT2D eigenvalue weighted by Gasteiger charge is 2.15. The first-order chi connectivity index (χ1) is 12.0. The minimum Gasteiger partial charge on any atom is -0.411 e. The van der Waals surface area contributed by atoms with Gasteiger partial charge in [-0.15, -0.1) is 10.2 Å². The molecule has 0 saturated heterocycles. The van der Waals surface area contributed by atoms with E-state index in [4.69, 9.17) is 9.68 Å². The van der Waals surface area contributed by atoms with Crippen LogP contribution in [0.5, 0.6) is 0 Å². The summed E-state index contributed by atoms with van der Waals surface area (Å²) in [7, 11) is 0. The van der Waals surface area contributed by atoms with Gasteiger partial charge in [0.15, 0.2) is 0 Å². The Morgan fingerprint density at radius 1 is 1.04 bits per heavy atom. The Hall–Kier alpha value is -2.58. The van der Waals surface area contributed by atoms with Gasteiger partial charge in [-0.3, -0.25) is 0 Å². The second kappa shape index (κ2) is 7.12. The fourth-order valence-corrected chi connectivity index (χ4v) is 3.16. The lowest BCUT2D eigenvalue weighted by atomic mass is 9.87. The van der Waals surface area contributed by atoms with Crippen LogP contribution in [0.15, 0.2) is 58.2 Å². The van der Waals surface area contributed by atoms with Gasteiger partial charge in [0.25, 0.3) is 5.22 Å². The SMILES string of the molecule is CC(C)(C)c1ccc(-c2nnc(SCc3ccccc3C#N)o2)cc1. The van der Waals surface area contributed by atoms with Crippen LogP contribution in [0.25, 0.3) is 11.5 Å². The fraction of sp³-hybridized carbons (Fsp3) is 0.250. The van der Waals surface area contributed by atoms with Gasteiger partial charge in [0.05, 0.1) is 11.6 Å². The minimum atomic E-state index is 0.114. The van der Waals surface area contributed by atoms with E-state index in [2.05, 4.69) is 49.2 Å². The van der Waals surface area contributed by atoms with Crippen molar-refractivity contribution in [2.75, 3.05) is 0 Å². The summed E-state index contributed by atoms with van der Waals surface area (Å²) in [5.74, 6) is 1.13. The number of nitrogens with zero attached hydrogens (tertiary/aromatic N) is 3. The maximum Gasteiger partial charge on any atom is 0.277 e. The Kier molecular flexibility index (Phi) is 4.91. The van der Waals surface area contributed by atoms with Crippen molar-refractivity contribution in [2.24, 2.45) is 0 Å². The fourth-order valence-electron chi connectivity index (χ4n) is 2.39. The molecule has 1 aromatic heterocycles. The van der Waals surface area contributed by atoms with Gasteiger partial charge in [-0.2, -0.15) is 5.26 Å². The first kappa shape index (κ1) is 17.2. The topological polar surface area (TPSA) is 62.7 Å². The van der Waals surface area contributed by atoms with Crippen LogP contribution in [0, 0.1) is 11.3 Å². The molecule has 0 aliphatic heterocycles. The summed E-state index contributed by atoms with van der Waals surface area (Å²) in [6.45, 7) is 6.55. The largest absolute Gasteiger partial charge is 0.411 e. The standard InChI is InChI=1S/C20H19N3OS/c1-20(2,3)17-10-8-14(9-11-17)18-22-23-19(24-18)25-13-16-7-5-4-6-15(16)12-21/h4-11H,13H2,1-3H3. The minimum absolute atomic E-state index is 0.114. The van der Waals surface area contributed by atoms with Crippen molar-refractivity contribution >= 4 is 11.8 Å². The number of rotatable bonds is 4. The number of hydrogen-bond donors (Lipinski definition) is 0. The van der Waals surface area contributed by atoms with Gasteiger partial charge in [-0.1, -0.05) is 62.9 Å². The van der Waals surface area contributed by atoms with E-state index in [0.717, 1.165) is 11.1 Å². The van der Waals surface area contributed by atoms with E-state index in [1.807, 2.05) is 36.4 Å². The van der Waals surface area contributed by atoms with E-state index < -0.39 is 0 Å². The Morgan fingerprint density at radius 3 is 2.44 bits per heavy atom. The van der Waals surface area contributed by atoms with Crippen LogP contribution in [0.3, 0.4) is 0 Å². The van der Waals surface area contributed by atoms with Gasteiger partial charge in [0.2, 0.25) is 5.89 Å². The van der Waals surface area contributed by atoms with E-state index in [0.29, 0.717) is 22.4 Å². The average molecular weight is 349 g/mol. The van der Waals surface area contributed by atoms with Crippen molar-refractivity contribution in [1.29, 1.82) is 5.26 Å². The van der Waals surface area contributed by atoms with E-state index >= 15 is 0 Å². The molecule has 0 saturated carbocycles. The van der Waals surface area contributed by atoms with Crippen molar-refractivity contribution in [3.8, 4) is 17.5 Å². The Bertz CT molecular complexity index is 902. The second-order valence-electron chi connectivity index (χ2n) is 6.76. The van der Waals surface area contributed by atoms with E-state index in [1.165, 1.54) is 17.3 Å². The lowest BCUT2D eigenvalue weighted by molar-refractivity contribution is 0.465.